The van der Waals surface area contributed by atoms with Gasteiger partial charge in [0.05, 0.1) is 12.2 Å². The number of rotatable bonds is 11. The summed E-state index contributed by atoms with van der Waals surface area (Å²) in [5.74, 6) is 0.418. The van der Waals surface area contributed by atoms with Crippen LogP contribution in [0.1, 0.15) is 32.6 Å². The van der Waals surface area contributed by atoms with E-state index in [0.29, 0.717) is 28.5 Å². The van der Waals surface area contributed by atoms with Crippen molar-refractivity contribution in [1.82, 2.24) is 9.55 Å². The van der Waals surface area contributed by atoms with Crippen LogP contribution in [-0.2, 0) is 16.6 Å². The Balaban J connectivity index is 1.83. The van der Waals surface area contributed by atoms with Gasteiger partial charge in [0.2, 0.25) is 0 Å². The zero-order valence-corrected chi connectivity index (χ0v) is 19.5. The maximum atomic E-state index is 12.7. The fourth-order valence-corrected chi connectivity index (χ4v) is 4.18. The van der Waals surface area contributed by atoms with E-state index in [0.717, 1.165) is 31.4 Å². The lowest BCUT2D eigenvalue weighted by atomic mass is 10.1. The van der Waals surface area contributed by atoms with Crippen molar-refractivity contribution in [1.29, 1.82) is 0 Å². The Bertz CT molecular complexity index is 989. The molecule has 0 radical (unpaired) electrons. The number of carbonyl (C=O) groups excluding carboxylic acids is 1. The monoisotopic (exact) mass is 486 g/mol. The summed E-state index contributed by atoms with van der Waals surface area (Å²) in [5.41, 5.74) is -3.35. The van der Waals surface area contributed by atoms with E-state index in [-0.39, 0.29) is 28.2 Å². The molecule has 0 aliphatic rings. The van der Waals surface area contributed by atoms with E-state index in [1.54, 1.807) is 14.0 Å². The standard InChI is InChI=1S/C22H25F3N2O3S2/c1-15(2)20(29)30-12-6-4-5-7-13-31-21-26-14-18(19(28)27(21)3)16-8-10-17(11-9-16)32-22(23,24)25/h8-11,14H,1,4-7,12-13H2,2-3H3. The van der Waals surface area contributed by atoms with Gasteiger partial charge in [-0.15, -0.1) is 0 Å². The third kappa shape index (κ3) is 8.38. The fourth-order valence-electron chi connectivity index (χ4n) is 2.71. The largest absolute Gasteiger partial charge is 0.462 e. The minimum Gasteiger partial charge on any atom is -0.462 e. The van der Waals surface area contributed by atoms with E-state index in [1.165, 1.54) is 46.8 Å². The number of ether oxygens (including phenoxy) is 1. The van der Waals surface area contributed by atoms with Crippen molar-refractivity contribution >= 4 is 29.5 Å². The molecule has 0 aliphatic heterocycles. The van der Waals surface area contributed by atoms with Gasteiger partial charge in [0.15, 0.2) is 5.16 Å². The van der Waals surface area contributed by atoms with Crippen molar-refractivity contribution in [2.75, 3.05) is 12.4 Å². The van der Waals surface area contributed by atoms with Gasteiger partial charge in [-0.05, 0) is 49.2 Å². The van der Waals surface area contributed by atoms with Gasteiger partial charge in [-0.3, -0.25) is 9.36 Å². The topological polar surface area (TPSA) is 61.2 Å². The summed E-state index contributed by atoms with van der Waals surface area (Å²) in [7, 11) is 1.63. The summed E-state index contributed by atoms with van der Waals surface area (Å²) in [6.45, 7) is 5.52. The first-order valence-corrected chi connectivity index (χ1v) is 11.8. The number of hydrogen-bond donors (Lipinski definition) is 0. The van der Waals surface area contributed by atoms with Gasteiger partial charge in [0.1, 0.15) is 0 Å². The van der Waals surface area contributed by atoms with Crippen LogP contribution < -0.4 is 5.56 Å². The number of esters is 1. The lowest BCUT2D eigenvalue weighted by Crippen LogP contribution is -2.21. The van der Waals surface area contributed by atoms with E-state index in [2.05, 4.69) is 11.6 Å². The molecule has 5 nitrogen and oxygen atoms in total. The molecule has 0 aliphatic carbocycles. The van der Waals surface area contributed by atoms with Gasteiger partial charge >= 0.3 is 11.5 Å². The minimum absolute atomic E-state index is 0.0622. The summed E-state index contributed by atoms with van der Waals surface area (Å²) in [4.78, 5) is 28.4. The van der Waals surface area contributed by atoms with Crippen molar-refractivity contribution in [2.45, 2.75) is 48.2 Å². The summed E-state index contributed by atoms with van der Waals surface area (Å²) < 4.78 is 43.9. The number of alkyl halides is 3. The second kappa shape index (κ2) is 12.2. The van der Waals surface area contributed by atoms with Crippen LogP contribution in [0.15, 0.2) is 57.5 Å². The summed E-state index contributed by atoms with van der Waals surface area (Å²) in [6.07, 6.45) is 5.07. The molecule has 10 heteroatoms. The molecule has 2 rings (SSSR count). The number of benzene rings is 1. The molecular weight excluding hydrogens is 461 g/mol. The van der Waals surface area contributed by atoms with Crippen LogP contribution in [0.2, 0.25) is 0 Å². The van der Waals surface area contributed by atoms with Crippen molar-refractivity contribution in [3.05, 3.63) is 53.0 Å². The van der Waals surface area contributed by atoms with Crippen LogP contribution in [0.25, 0.3) is 11.1 Å². The molecule has 174 valence electrons. The average molecular weight is 487 g/mol. The Morgan fingerprint density at radius 1 is 1.16 bits per heavy atom. The first-order chi connectivity index (χ1) is 15.1. The molecule has 2 aromatic rings. The molecule has 0 fully saturated rings. The second-order valence-electron chi connectivity index (χ2n) is 7.07. The van der Waals surface area contributed by atoms with Gasteiger partial charge in [0, 0.05) is 29.5 Å². The first-order valence-electron chi connectivity index (χ1n) is 9.96. The van der Waals surface area contributed by atoms with Crippen molar-refractivity contribution in [3.63, 3.8) is 0 Å². The van der Waals surface area contributed by atoms with Crippen LogP contribution in [0, 0.1) is 0 Å². The van der Waals surface area contributed by atoms with E-state index in [1.807, 2.05) is 0 Å². The highest BCUT2D eigenvalue weighted by Gasteiger charge is 2.29. The van der Waals surface area contributed by atoms with E-state index in [9.17, 15) is 22.8 Å². The number of unbranched alkanes of at least 4 members (excludes halogenated alkanes) is 3. The van der Waals surface area contributed by atoms with E-state index < -0.39 is 5.51 Å². The first kappa shape index (κ1) is 26.1. The quantitative estimate of drug-likeness (QED) is 0.131. The third-order valence-electron chi connectivity index (χ3n) is 4.38. The molecule has 0 amide bonds. The smallest absolute Gasteiger partial charge is 0.446 e. The van der Waals surface area contributed by atoms with Crippen LogP contribution >= 0.6 is 23.5 Å². The SMILES string of the molecule is C=C(C)C(=O)OCCCCCCSc1ncc(-c2ccc(SC(F)(F)F)cc2)c(=O)n1C. The number of hydrogen-bond acceptors (Lipinski definition) is 6. The second-order valence-corrected chi connectivity index (χ2v) is 9.27. The Hall–Kier alpha value is -2.20. The molecule has 0 bridgehead atoms. The molecule has 0 spiro atoms. The Morgan fingerprint density at radius 3 is 2.44 bits per heavy atom. The van der Waals surface area contributed by atoms with E-state index >= 15 is 0 Å². The lowest BCUT2D eigenvalue weighted by Gasteiger charge is -2.10. The Morgan fingerprint density at radius 2 is 1.81 bits per heavy atom. The predicted molar refractivity (Wildman–Crippen MR) is 122 cm³/mol. The molecule has 1 heterocycles. The third-order valence-corrected chi connectivity index (χ3v) is 6.25. The molecule has 1 aromatic heterocycles. The molecule has 0 atom stereocenters. The van der Waals surface area contributed by atoms with Crippen LogP contribution in [0.4, 0.5) is 13.2 Å². The van der Waals surface area contributed by atoms with Gasteiger partial charge in [-0.1, -0.05) is 43.3 Å². The van der Waals surface area contributed by atoms with Crippen molar-refractivity contribution < 1.29 is 22.7 Å². The maximum Gasteiger partial charge on any atom is 0.446 e. The number of halogens is 3. The minimum atomic E-state index is -4.35. The highest BCUT2D eigenvalue weighted by atomic mass is 32.2. The number of nitrogens with zero attached hydrogens (tertiary/aromatic N) is 2. The molecule has 0 saturated carbocycles. The van der Waals surface area contributed by atoms with Gasteiger partial charge in [-0.2, -0.15) is 13.2 Å². The lowest BCUT2D eigenvalue weighted by molar-refractivity contribution is -0.139. The highest BCUT2D eigenvalue weighted by Crippen LogP contribution is 2.37. The average Bonchev–Trinajstić information content (AvgIpc) is 2.72. The van der Waals surface area contributed by atoms with Crippen molar-refractivity contribution in [2.24, 2.45) is 7.05 Å². The Labute approximate surface area is 193 Å². The summed E-state index contributed by atoms with van der Waals surface area (Å²) in [5, 5.41) is 0.582. The zero-order chi connectivity index (χ0) is 23.7. The molecular formula is C22H25F3N2O3S2. The summed E-state index contributed by atoms with van der Waals surface area (Å²) >= 11 is 1.28. The summed E-state index contributed by atoms with van der Waals surface area (Å²) in [6, 6.07) is 5.67. The van der Waals surface area contributed by atoms with Crippen LogP contribution in [0.3, 0.4) is 0 Å². The molecule has 1 aromatic carbocycles. The zero-order valence-electron chi connectivity index (χ0n) is 17.9. The molecule has 0 saturated heterocycles. The molecule has 0 N–H and O–H groups in total. The number of aromatic nitrogens is 2. The van der Waals surface area contributed by atoms with Crippen LogP contribution in [0.5, 0.6) is 0 Å². The maximum absolute atomic E-state index is 12.7. The van der Waals surface area contributed by atoms with Gasteiger partial charge in [-0.25, -0.2) is 9.78 Å². The predicted octanol–water partition coefficient (Wildman–Crippen LogP) is 5.83. The fraction of sp³-hybridized carbons (Fsp3) is 0.409. The normalized spacial score (nSPS) is 11.4. The van der Waals surface area contributed by atoms with Crippen molar-refractivity contribution in [3.8, 4) is 11.1 Å². The number of thioether (sulfide) groups is 2. The highest BCUT2D eigenvalue weighted by molar-refractivity contribution is 8.00. The number of carbonyl (C=O) groups is 1. The van der Waals surface area contributed by atoms with E-state index in [4.69, 9.17) is 4.74 Å². The van der Waals surface area contributed by atoms with Crippen LogP contribution in [-0.4, -0.2) is 33.4 Å². The van der Waals surface area contributed by atoms with Gasteiger partial charge in [0.25, 0.3) is 5.56 Å². The Kier molecular flexibility index (Phi) is 9.89. The molecule has 32 heavy (non-hydrogen) atoms. The van der Waals surface area contributed by atoms with Gasteiger partial charge < -0.3 is 4.74 Å². The molecule has 0 unspecified atom stereocenters.